The minimum absolute atomic E-state index is 0.0586. The van der Waals surface area contributed by atoms with Crippen LogP contribution in [0.1, 0.15) is 51.5 Å². The van der Waals surface area contributed by atoms with E-state index in [0.29, 0.717) is 23.4 Å². The Morgan fingerprint density at radius 1 is 1.14 bits per heavy atom. The molecule has 4 nitrogen and oxygen atoms in total. The van der Waals surface area contributed by atoms with Crippen LogP contribution >= 0.6 is 27.3 Å². The first kappa shape index (κ1) is 23.7. The standard InChI is InChI=1S/C23H30BrN3OS/c1-16(2)9-11-27(12-10-17(3)4)14-22(28)20(13-25)23-26-21(15-29-23)18-5-7-19(24)8-6-18/h5-8,15-17,20H,9-12,14H2,1-4H3. The van der Waals surface area contributed by atoms with Crippen molar-refractivity contribution in [3.05, 3.63) is 39.1 Å². The maximum absolute atomic E-state index is 13.0. The van der Waals surface area contributed by atoms with E-state index in [-0.39, 0.29) is 5.78 Å². The van der Waals surface area contributed by atoms with E-state index in [2.05, 4.69) is 59.6 Å². The maximum Gasteiger partial charge on any atom is 0.170 e. The molecule has 0 spiro atoms. The summed E-state index contributed by atoms with van der Waals surface area (Å²) in [7, 11) is 0. The van der Waals surface area contributed by atoms with Crippen molar-refractivity contribution in [2.45, 2.75) is 46.5 Å². The fourth-order valence-electron chi connectivity index (χ4n) is 2.90. The van der Waals surface area contributed by atoms with Crippen molar-refractivity contribution < 1.29 is 4.79 Å². The fourth-order valence-corrected chi connectivity index (χ4v) is 4.06. The number of rotatable bonds is 11. The van der Waals surface area contributed by atoms with Crippen LogP contribution in [0.5, 0.6) is 0 Å². The highest BCUT2D eigenvalue weighted by Crippen LogP contribution is 2.28. The summed E-state index contributed by atoms with van der Waals surface area (Å²) in [5.74, 6) is 0.318. The number of nitriles is 1. The first-order chi connectivity index (χ1) is 13.8. The third-order valence-corrected chi connectivity index (χ3v) is 6.22. The predicted octanol–water partition coefficient (Wildman–Crippen LogP) is 6.14. The molecule has 1 aromatic carbocycles. The third-order valence-electron chi connectivity index (χ3n) is 4.78. The molecule has 0 fully saturated rings. The molecule has 2 rings (SSSR count). The molecule has 0 bridgehead atoms. The van der Waals surface area contributed by atoms with Crippen molar-refractivity contribution in [2.75, 3.05) is 19.6 Å². The highest BCUT2D eigenvalue weighted by atomic mass is 79.9. The molecule has 0 radical (unpaired) electrons. The zero-order valence-corrected chi connectivity index (χ0v) is 20.1. The Morgan fingerprint density at radius 3 is 2.24 bits per heavy atom. The lowest BCUT2D eigenvalue weighted by Crippen LogP contribution is -2.35. The number of ketones is 1. The largest absolute Gasteiger partial charge is 0.296 e. The number of aromatic nitrogens is 1. The molecule has 1 atom stereocenters. The Morgan fingerprint density at radius 2 is 1.72 bits per heavy atom. The summed E-state index contributed by atoms with van der Waals surface area (Å²) in [4.78, 5) is 19.8. The van der Waals surface area contributed by atoms with Crippen LogP contribution < -0.4 is 0 Å². The Bertz CT molecular complexity index is 811. The van der Waals surface area contributed by atoms with E-state index in [9.17, 15) is 10.1 Å². The minimum Gasteiger partial charge on any atom is -0.296 e. The van der Waals surface area contributed by atoms with E-state index in [0.717, 1.165) is 41.7 Å². The van der Waals surface area contributed by atoms with Gasteiger partial charge in [-0.05, 0) is 49.9 Å². The van der Waals surface area contributed by atoms with Gasteiger partial charge in [-0.3, -0.25) is 9.69 Å². The molecule has 1 aromatic heterocycles. The second kappa shape index (κ2) is 11.6. The molecular formula is C23H30BrN3OS. The maximum atomic E-state index is 13.0. The van der Waals surface area contributed by atoms with Gasteiger partial charge in [-0.2, -0.15) is 5.26 Å². The van der Waals surface area contributed by atoms with E-state index in [1.807, 2.05) is 29.6 Å². The topological polar surface area (TPSA) is 57.0 Å². The molecule has 6 heteroatoms. The summed E-state index contributed by atoms with van der Waals surface area (Å²) in [6, 6.07) is 10.1. The summed E-state index contributed by atoms with van der Waals surface area (Å²) >= 11 is 4.82. The number of hydrogen-bond donors (Lipinski definition) is 0. The van der Waals surface area contributed by atoms with Crippen LogP contribution in [0.15, 0.2) is 34.1 Å². The number of thiazole rings is 1. The van der Waals surface area contributed by atoms with Crippen LogP contribution in [0.25, 0.3) is 11.3 Å². The first-order valence-corrected chi connectivity index (χ1v) is 11.8. The van der Waals surface area contributed by atoms with Gasteiger partial charge in [-0.15, -0.1) is 11.3 Å². The number of halogens is 1. The summed E-state index contributed by atoms with van der Waals surface area (Å²) in [6.45, 7) is 10.9. The monoisotopic (exact) mass is 475 g/mol. The molecule has 0 aliphatic heterocycles. The van der Waals surface area contributed by atoms with Crippen molar-refractivity contribution in [1.29, 1.82) is 5.26 Å². The number of nitrogens with zero attached hydrogens (tertiary/aromatic N) is 3. The predicted molar refractivity (Wildman–Crippen MR) is 124 cm³/mol. The lowest BCUT2D eigenvalue weighted by molar-refractivity contribution is -0.120. The van der Waals surface area contributed by atoms with Gasteiger partial charge in [0.15, 0.2) is 11.7 Å². The van der Waals surface area contributed by atoms with E-state index in [4.69, 9.17) is 0 Å². The average Bonchev–Trinajstić information content (AvgIpc) is 3.14. The van der Waals surface area contributed by atoms with E-state index < -0.39 is 5.92 Å². The quantitative estimate of drug-likeness (QED) is 0.391. The number of hydrogen-bond acceptors (Lipinski definition) is 5. The van der Waals surface area contributed by atoms with Crippen molar-refractivity contribution in [1.82, 2.24) is 9.88 Å². The molecule has 0 N–H and O–H groups in total. The molecular weight excluding hydrogens is 446 g/mol. The first-order valence-electron chi connectivity index (χ1n) is 10.2. The zero-order valence-electron chi connectivity index (χ0n) is 17.7. The molecule has 2 aromatic rings. The van der Waals surface area contributed by atoms with Gasteiger partial charge in [0.2, 0.25) is 0 Å². The molecule has 29 heavy (non-hydrogen) atoms. The van der Waals surface area contributed by atoms with Gasteiger partial charge in [0.05, 0.1) is 18.3 Å². The molecule has 1 unspecified atom stereocenters. The average molecular weight is 476 g/mol. The van der Waals surface area contributed by atoms with Gasteiger partial charge in [-0.25, -0.2) is 4.98 Å². The van der Waals surface area contributed by atoms with Crippen LogP contribution in [0.3, 0.4) is 0 Å². The van der Waals surface area contributed by atoms with E-state index >= 15 is 0 Å². The van der Waals surface area contributed by atoms with Gasteiger partial charge in [-0.1, -0.05) is 55.8 Å². The zero-order chi connectivity index (χ0) is 21.4. The third kappa shape index (κ3) is 7.65. The normalized spacial score (nSPS) is 12.5. The molecule has 0 amide bonds. The molecule has 156 valence electrons. The molecule has 1 heterocycles. The molecule has 0 aliphatic rings. The van der Waals surface area contributed by atoms with Crippen LogP contribution in [-0.2, 0) is 4.79 Å². The number of carbonyl (C=O) groups excluding carboxylic acids is 1. The Kier molecular flexibility index (Phi) is 9.48. The SMILES string of the molecule is CC(C)CCN(CCC(C)C)CC(=O)C(C#N)c1nc(-c2ccc(Br)cc2)cs1. The second-order valence-corrected chi connectivity index (χ2v) is 10.1. The summed E-state index contributed by atoms with van der Waals surface area (Å²) < 4.78 is 1.00. The van der Waals surface area contributed by atoms with Crippen LogP contribution in [0, 0.1) is 23.2 Å². The summed E-state index contributed by atoms with van der Waals surface area (Å²) in [6.07, 6.45) is 2.10. The van der Waals surface area contributed by atoms with Crippen molar-refractivity contribution in [2.24, 2.45) is 11.8 Å². The van der Waals surface area contributed by atoms with Crippen LogP contribution in [0.2, 0.25) is 0 Å². The van der Waals surface area contributed by atoms with E-state index in [1.165, 1.54) is 11.3 Å². The number of Topliss-reactive ketones (excluding diaryl/α,β-unsaturated/α-hetero) is 1. The van der Waals surface area contributed by atoms with Gasteiger partial charge in [0.25, 0.3) is 0 Å². The molecule has 0 saturated carbocycles. The Balaban J connectivity index is 2.09. The van der Waals surface area contributed by atoms with Crippen LogP contribution in [-0.4, -0.2) is 35.3 Å². The van der Waals surface area contributed by atoms with Gasteiger partial charge in [0.1, 0.15) is 5.01 Å². The summed E-state index contributed by atoms with van der Waals surface area (Å²) in [5.41, 5.74) is 1.79. The van der Waals surface area contributed by atoms with Gasteiger partial charge < -0.3 is 0 Å². The van der Waals surface area contributed by atoms with Crippen molar-refractivity contribution >= 4 is 33.0 Å². The van der Waals surface area contributed by atoms with Crippen LogP contribution in [0.4, 0.5) is 0 Å². The minimum atomic E-state index is -0.801. The molecule has 0 saturated heterocycles. The van der Waals surface area contributed by atoms with Crippen molar-refractivity contribution in [3.8, 4) is 17.3 Å². The summed E-state index contributed by atoms with van der Waals surface area (Å²) in [5, 5.41) is 12.2. The Labute approximate surface area is 187 Å². The lowest BCUT2D eigenvalue weighted by atomic mass is 10.0. The number of carbonyl (C=O) groups is 1. The Hall–Kier alpha value is -1.55. The van der Waals surface area contributed by atoms with Gasteiger partial charge >= 0.3 is 0 Å². The number of benzene rings is 1. The van der Waals surface area contributed by atoms with E-state index in [1.54, 1.807) is 0 Å². The lowest BCUT2D eigenvalue weighted by Gasteiger charge is -2.24. The highest BCUT2D eigenvalue weighted by molar-refractivity contribution is 9.10. The van der Waals surface area contributed by atoms with Crippen molar-refractivity contribution in [3.63, 3.8) is 0 Å². The van der Waals surface area contributed by atoms with Gasteiger partial charge in [0, 0.05) is 15.4 Å². The molecule has 0 aliphatic carbocycles. The highest BCUT2D eigenvalue weighted by Gasteiger charge is 2.25. The second-order valence-electron chi connectivity index (χ2n) is 8.25. The fraction of sp³-hybridized carbons (Fsp3) is 0.522. The smallest absolute Gasteiger partial charge is 0.170 e.